The lowest BCUT2D eigenvalue weighted by Gasteiger charge is -2.14. The molecule has 9 aromatic rings. The first-order valence-electron chi connectivity index (χ1n) is 13.7. The third-order valence-electron chi connectivity index (χ3n) is 8.32. The Kier molecular flexibility index (Phi) is 4.36. The molecule has 3 aromatic heterocycles. The molecule has 6 aromatic carbocycles. The van der Waals surface area contributed by atoms with E-state index < -0.39 is 0 Å². The highest BCUT2D eigenvalue weighted by molar-refractivity contribution is 6.23. The van der Waals surface area contributed by atoms with Crippen molar-refractivity contribution in [1.82, 2.24) is 4.40 Å². The molecule has 0 aliphatic rings. The third-order valence-corrected chi connectivity index (χ3v) is 8.32. The standard InChI is InChI=1S/C38H23NO/c1-3-11-24(12-4-1)29-21-34(25-13-5-2-6-14-25)39-35-22-32-28-17-9-10-18-36(28)40-37(32)23-31(35)30-19-26-15-7-8-16-27(26)20-33(30)38(29)39/h1-23H. The smallest absolute Gasteiger partial charge is 0.136 e. The number of pyridine rings is 1. The Morgan fingerprint density at radius 1 is 0.425 bits per heavy atom. The molecule has 0 unspecified atom stereocenters. The zero-order valence-corrected chi connectivity index (χ0v) is 21.6. The summed E-state index contributed by atoms with van der Waals surface area (Å²) < 4.78 is 8.87. The van der Waals surface area contributed by atoms with Gasteiger partial charge in [0.15, 0.2) is 0 Å². The molecule has 0 fully saturated rings. The molecule has 0 bridgehead atoms. The van der Waals surface area contributed by atoms with Crippen LogP contribution in [0.1, 0.15) is 0 Å². The van der Waals surface area contributed by atoms with Gasteiger partial charge >= 0.3 is 0 Å². The lowest BCUT2D eigenvalue weighted by molar-refractivity contribution is 0.669. The minimum atomic E-state index is 0.916. The summed E-state index contributed by atoms with van der Waals surface area (Å²) in [5.74, 6) is 0. The van der Waals surface area contributed by atoms with E-state index in [9.17, 15) is 0 Å². The Bertz CT molecular complexity index is 2410. The lowest BCUT2D eigenvalue weighted by Crippen LogP contribution is -1.94. The number of fused-ring (bicyclic) bond motifs is 10. The molecule has 9 rings (SSSR count). The molecule has 0 spiro atoms. The second kappa shape index (κ2) is 8.08. The van der Waals surface area contributed by atoms with E-state index >= 15 is 0 Å². The molecule has 3 heterocycles. The number of hydrogen-bond donors (Lipinski definition) is 0. The summed E-state index contributed by atoms with van der Waals surface area (Å²) in [6.45, 7) is 0. The normalized spacial score (nSPS) is 12.0. The van der Waals surface area contributed by atoms with Crippen LogP contribution in [0.3, 0.4) is 0 Å². The molecule has 0 aliphatic heterocycles. The summed E-state index contributed by atoms with van der Waals surface area (Å²) in [6.07, 6.45) is 0. The van der Waals surface area contributed by atoms with Gasteiger partial charge in [0.2, 0.25) is 0 Å². The number of aromatic nitrogens is 1. The second-order valence-electron chi connectivity index (χ2n) is 10.6. The Hall–Kier alpha value is -5.34. The van der Waals surface area contributed by atoms with Gasteiger partial charge in [-0.2, -0.15) is 0 Å². The van der Waals surface area contributed by atoms with Crippen LogP contribution < -0.4 is 0 Å². The summed E-state index contributed by atoms with van der Waals surface area (Å²) in [5, 5.41) is 8.42. The zero-order valence-electron chi connectivity index (χ0n) is 21.6. The van der Waals surface area contributed by atoms with E-state index in [1.165, 1.54) is 60.3 Å². The highest BCUT2D eigenvalue weighted by Gasteiger charge is 2.21. The summed E-state index contributed by atoms with van der Waals surface area (Å²) in [6, 6.07) is 50.2. The van der Waals surface area contributed by atoms with E-state index in [1.54, 1.807) is 0 Å². The predicted octanol–water partition coefficient (Wildman–Crippen LogP) is 10.6. The van der Waals surface area contributed by atoms with E-state index in [1.807, 2.05) is 6.07 Å². The summed E-state index contributed by atoms with van der Waals surface area (Å²) >= 11 is 0. The second-order valence-corrected chi connectivity index (χ2v) is 10.6. The molecule has 0 saturated heterocycles. The van der Waals surface area contributed by atoms with Crippen LogP contribution >= 0.6 is 0 Å². The van der Waals surface area contributed by atoms with Crippen molar-refractivity contribution in [3.63, 3.8) is 0 Å². The minimum absolute atomic E-state index is 0.916. The average Bonchev–Trinajstić information content (AvgIpc) is 3.59. The van der Waals surface area contributed by atoms with Gasteiger partial charge in [-0.1, -0.05) is 103 Å². The van der Waals surface area contributed by atoms with Gasteiger partial charge in [0.05, 0.1) is 16.7 Å². The van der Waals surface area contributed by atoms with Crippen LogP contribution in [-0.2, 0) is 0 Å². The van der Waals surface area contributed by atoms with Gasteiger partial charge in [0.1, 0.15) is 11.2 Å². The molecule has 0 amide bonds. The van der Waals surface area contributed by atoms with Gasteiger partial charge in [-0.05, 0) is 63.7 Å². The fourth-order valence-corrected chi connectivity index (χ4v) is 6.51. The van der Waals surface area contributed by atoms with Gasteiger partial charge in [-0.3, -0.25) is 0 Å². The maximum atomic E-state index is 6.39. The van der Waals surface area contributed by atoms with Crippen molar-refractivity contribution in [1.29, 1.82) is 0 Å². The fourth-order valence-electron chi connectivity index (χ4n) is 6.51. The molecule has 0 N–H and O–H groups in total. The Morgan fingerprint density at radius 3 is 1.85 bits per heavy atom. The Morgan fingerprint density at radius 2 is 1.07 bits per heavy atom. The monoisotopic (exact) mass is 509 g/mol. The van der Waals surface area contributed by atoms with Gasteiger partial charge in [-0.25, -0.2) is 0 Å². The van der Waals surface area contributed by atoms with Gasteiger partial charge in [0, 0.05) is 27.1 Å². The van der Waals surface area contributed by atoms with Gasteiger partial charge in [0.25, 0.3) is 0 Å². The van der Waals surface area contributed by atoms with Crippen LogP contribution in [0, 0.1) is 0 Å². The third kappa shape index (κ3) is 2.99. The molecule has 186 valence electrons. The van der Waals surface area contributed by atoms with Gasteiger partial charge in [-0.15, -0.1) is 0 Å². The van der Waals surface area contributed by atoms with Crippen molar-refractivity contribution in [3.05, 3.63) is 140 Å². The van der Waals surface area contributed by atoms with Gasteiger partial charge < -0.3 is 8.82 Å². The van der Waals surface area contributed by atoms with E-state index in [2.05, 4.69) is 138 Å². The SMILES string of the molecule is c1ccc(-c2cc(-c3ccccc3)n3c4cc5c(cc4c4cc6ccccc6cc4c23)oc2ccccc25)cc1. The maximum Gasteiger partial charge on any atom is 0.136 e. The number of rotatable bonds is 2. The van der Waals surface area contributed by atoms with Crippen molar-refractivity contribution in [2.75, 3.05) is 0 Å². The molecule has 0 aliphatic carbocycles. The lowest BCUT2D eigenvalue weighted by atomic mass is 9.97. The summed E-state index contributed by atoms with van der Waals surface area (Å²) in [4.78, 5) is 0. The number of furan rings is 1. The first-order chi connectivity index (χ1) is 19.8. The molecule has 2 nitrogen and oxygen atoms in total. The van der Waals surface area contributed by atoms with Crippen LogP contribution in [0.15, 0.2) is 144 Å². The predicted molar refractivity (Wildman–Crippen MR) is 168 cm³/mol. The molecule has 40 heavy (non-hydrogen) atoms. The van der Waals surface area contributed by atoms with Crippen LogP contribution in [-0.4, -0.2) is 4.40 Å². The first-order valence-corrected chi connectivity index (χ1v) is 13.7. The Balaban J connectivity index is 1.58. The van der Waals surface area contributed by atoms with Crippen molar-refractivity contribution < 1.29 is 4.42 Å². The van der Waals surface area contributed by atoms with Crippen LogP contribution in [0.5, 0.6) is 0 Å². The summed E-state index contributed by atoms with van der Waals surface area (Å²) in [7, 11) is 0. The molecular formula is C38H23NO. The highest BCUT2D eigenvalue weighted by Crippen LogP contribution is 2.44. The largest absolute Gasteiger partial charge is 0.456 e. The van der Waals surface area contributed by atoms with E-state index in [0.29, 0.717) is 0 Å². The summed E-state index contributed by atoms with van der Waals surface area (Å²) in [5.41, 5.74) is 9.06. The van der Waals surface area contributed by atoms with Crippen molar-refractivity contribution in [3.8, 4) is 22.4 Å². The van der Waals surface area contributed by atoms with E-state index in [-0.39, 0.29) is 0 Å². The Labute approximate surface area is 230 Å². The fraction of sp³-hybridized carbons (Fsp3) is 0. The molecular weight excluding hydrogens is 486 g/mol. The molecule has 0 atom stereocenters. The number of benzene rings is 6. The van der Waals surface area contributed by atoms with E-state index in [0.717, 1.165) is 21.9 Å². The average molecular weight is 510 g/mol. The topological polar surface area (TPSA) is 17.6 Å². The van der Waals surface area contributed by atoms with Crippen molar-refractivity contribution >= 4 is 59.9 Å². The van der Waals surface area contributed by atoms with Crippen molar-refractivity contribution in [2.45, 2.75) is 0 Å². The first kappa shape index (κ1) is 21.6. The molecule has 2 heteroatoms. The van der Waals surface area contributed by atoms with E-state index in [4.69, 9.17) is 4.42 Å². The highest BCUT2D eigenvalue weighted by atomic mass is 16.3. The minimum Gasteiger partial charge on any atom is -0.456 e. The molecule has 0 radical (unpaired) electrons. The van der Waals surface area contributed by atoms with Crippen LogP contribution in [0.25, 0.3) is 82.3 Å². The maximum absolute atomic E-state index is 6.39. The zero-order chi connectivity index (χ0) is 26.2. The number of hydrogen-bond acceptors (Lipinski definition) is 1. The number of para-hydroxylation sites is 1. The van der Waals surface area contributed by atoms with Crippen LogP contribution in [0.4, 0.5) is 0 Å². The number of nitrogens with zero attached hydrogens (tertiary/aromatic N) is 1. The van der Waals surface area contributed by atoms with Crippen LogP contribution in [0.2, 0.25) is 0 Å². The molecule has 0 saturated carbocycles. The quantitative estimate of drug-likeness (QED) is 0.167. The van der Waals surface area contributed by atoms with Crippen molar-refractivity contribution in [2.24, 2.45) is 0 Å².